The Labute approximate surface area is 92.8 Å². The van der Waals surface area contributed by atoms with Crippen molar-refractivity contribution >= 4 is 29.2 Å². The van der Waals surface area contributed by atoms with E-state index in [-0.39, 0.29) is 5.02 Å². The number of aromatic carboxylic acids is 1. The van der Waals surface area contributed by atoms with E-state index in [0.717, 1.165) is 12.1 Å². The molecule has 0 unspecified atom stereocenters. The van der Waals surface area contributed by atoms with E-state index in [9.17, 15) is 18.4 Å². The molecule has 0 saturated heterocycles. The highest BCUT2D eigenvalue weighted by Crippen LogP contribution is 2.43. The Kier molecular flexibility index (Phi) is 2.13. The first-order valence-electron chi connectivity index (χ1n) is 4.10. The smallest absolute Gasteiger partial charge is 0.352 e. The molecule has 2 N–H and O–H groups in total. The van der Waals surface area contributed by atoms with Gasteiger partial charge >= 0.3 is 11.9 Å². The van der Waals surface area contributed by atoms with E-state index >= 15 is 0 Å². The molecule has 1 aliphatic heterocycles. The van der Waals surface area contributed by atoms with Crippen LogP contribution < -0.4 is 5.32 Å². The average Bonchev–Trinajstić information content (AvgIpc) is 2.39. The van der Waals surface area contributed by atoms with Gasteiger partial charge in [0.25, 0.3) is 5.91 Å². The first kappa shape index (κ1) is 10.8. The number of hydrogen-bond acceptors (Lipinski definition) is 2. The van der Waals surface area contributed by atoms with Crippen molar-refractivity contribution in [1.82, 2.24) is 0 Å². The molecule has 4 nitrogen and oxygen atoms in total. The SMILES string of the molecule is O=C(O)c1cc(Cl)cc2c1NC(=O)C2(F)F. The number of benzene rings is 1. The van der Waals surface area contributed by atoms with Gasteiger partial charge in [-0.2, -0.15) is 8.78 Å². The summed E-state index contributed by atoms with van der Waals surface area (Å²) in [7, 11) is 0. The molecule has 7 heteroatoms. The van der Waals surface area contributed by atoms with Crippen LogP contribution in [0.2, 0.25) is 5.02 Å². The Morgan fingerprint density at radius 1 is 1.44 bits per heavy atom. The zero-order valence-corrected chi connectivity index (χ0v) is 8.31. The molecule has 0 radical (unpaired) electrons. The van der Waals surface area contributed by atoms with E-state index in [2.05, 4.69) is 0 Å². The van der Waals surface area contributed by atoms with Crippen LogP contribution in [0.25, 0.3) is 0 Å². The summed E-state index contributed by atoms with van der Waals surface area (Å²) in [4.78, 5) is 21.7. The minimum Gasteiger partial charge on any atom is -0.478 e. The normalized spacial score (nSPS) is 16.8. The number of alkyl halides is 2. The van der Waals surface area contributed by atoms with Gasteiger partial charge in [-0.3, -0.25) is 4.79 Å². The maximum absolute atomic E-state index is 13.3. The van der Waals surface area contributed by atoms with Crippen molar-refractivity contribution in [2.75, 3.05) is 5.32 Å². The first-order chi connectivity index (χ1) is 7.34. The Morgan fingerprint density at radius 3 is 2.62 bits per heavy atom. The second-order valence-corrected chi connectivity index (χ2v) is 3.65. The Hall–Kier alpha value is -1.69. The number of carbonyl (C=O) groups is 2. The predicted molar refractivity (Wildman–Crippen MR) is 50.9 cm³/mol. The molecule has 0 bridgehead atoms. The van der Waals surface area contributed by atoms with Gasteiger partial charge in [-0.05, 0) is 12.1 Å². The number of rotatable bonds is 1. The summed E-state index contributed by atoms with van der Waals surface area (Å²) < 4.78 is 26.6. The highest BCUT2D eigenvalue weighted by molar-refractivity contribution is 6.31. The zero-order valence-electron chi connectivity index (χ0n) is 7.55. The second-order valence-electron chi connectivity index (χ2n) is 3.21. The fourth-order valence-electron chi connectivity index (χ4n) is 1.47. The molecule has 0 aliphatic carbocycles. The fourth-order valence-corrected chi connectivity index (χ4v) is 1.69. The van der Waals surface area contributed by atoms with E-state index in [1.807, 2.05) is 5.32 Å². The third-order valence-electron chi connectivity index (χ3n) is 2.20. The van der Waals surface area contributed by atoms with Gasteiger partial charge < -0.3 is 10.4 Å². The molecule has 16 heavy (non-hydrogen) atoms. The van der Waals surface area contributed by atoms with Crippen LogP contribution in [0, 0.1) is 0 Å². The molecule has 1 aromatic carbocycles. The van der Waals surface area contributed by atoms with Crippen molar-refractivity contribution in [3.8, 4) is 0 Å². The molecule has 1 amide bonds. The number of carboxylic acid groups (broad SMARTS) is 1. The van der Waals surface area contributed by atoms with Crippen LogP contribution in [-0.2, 0) is 10.7 Å². The van der Waals surface area contributed by atoms with Gasteiger partial charge in [0.05, 0.1) is 16.8 Å². The van der Waals surface area contributed by atoms with Crippen molar-refractivity contribution in [3.05, 3.63) is 28.3 Å². The summed E-state index contributed by atoms with van der Waals surface area (Å²) in [5.41, 5.74) is -1.55. The standard InChI is InChI=1S/C9H4ClF2NO3/c10-3-1-4(7(14)15)6-5(2-3)9(11,12)8(16)13-6/h1-2H,(H,13,16)(H,14,15). The number of hydrogen-bond donors (Lipinski definition) is 2. The number of anilines is 1. The van der Waals surface area contributed by atoms with Crippen molar-refractivity contribution in [2.45, 2.75) is 5.92 Å². The lowest BCUT2D eigenvalue weighted by atomic mass is 10.1. The van der Waals surface area contributed by atoms with Gasteiger partial charge in [-0.25, -0.2) is 4.79 Å². The van der Waals surface area contributed by atoms with Gasteiger partial charge in [-0.1, -0.05) is 11.6 Å². The number of halogens is 3. The maximum Gasteiger partial charge on any atom is 0.352 e. The van der Waals surface area contributed by atoms with E-state index in [0.29, 0.717) is 0 Å². The largest absolute Gasteiger partial charge is 0.478 e. The summed E-state index contributed by atoms with van der Waals surface area (Å²) in [6.45, 7) is 0. The van der Waals surface area contributed by atoms with Crippen LogP contribution in [0.3, 0.4) is 0 Å². The molecule has 1 aliphatic rings. The number of amides is 1. The average molecular weight is 248 g/mol. The predicted octanol–water partition coefficient (Wildman–Crippen LogP) is 2.08. The Bertz CT molecular complexity index is 516. The summed E-state index contributed by atoms with van der Waals surface area (Å²) in [5.74, 6) is -6.73. The zero-order chi connectivity index (χ0) is 12.1. The summed E-state index contributed by atoms with van der Waals surface area (Å²) in [6, 6.07) is 1.88. The third kappa shape index (κ3) is 1.34. The van der Waals surface area contributed by atoms with Gasteiger partial charge in [0.15, 0.2) is 0 Å². The molecular formula is C9H4ClF2NO3. The van der Waals surface area contributed by atoms with Crippen LogP contribution in [0.4, 0.5) is 14.5 Å². The number of fused-ring (bicyclic) bond motifs is 1. The molecule has 84 valence electrons. The maximum atomic E-state index is 13.3. The highest BCUT2D eigenvalue weighted by atomic mass is 35.5. The summed E-state index contributed by atoms with van der Waals surface area (Å²) in [5, 5.41) is 10.5. The topological polar surface area (TPSA) is 66.4 Å². The van der Waals surface area contributed by atoms with E-state index in [1.165, 1.54) is 0 Å². The van der Waals surface area contributed by atoms with Gasteiger partial charge in [0.2, 0.25) is 0 Å². The second kappa shape index (κ2) is 3.15. The van der Waals surface area contributed by atoms with Crippen molar-refractivity contribution < 1.29 is 23.5 Å². The molecule has 0 atom stereocenters. The van der Waals surface area contributed by atoms with Crippen LogP contribution in [0.5, 0.6) is 0 Å². The van der Waals surface area contributed by atoms with Crippen molar-refractivity contribution in [2.24, 2.45) is 0 Å². The van der Waals surface area contributed by atoms with Crippen molar-refractivity contribution in [1.29, 1.82) is 0 Å². The fraction of sp³-hybridized carbons (Fsp3) is 0.111. The van der Waals surface area contributed by atoms with Crippen molar-refractivity contribution in [3.63, 3.8) is 0 Å². The lowest BCUT2D eigenvalue weighted by Gasteiger charge is -2.07. The van der Waals surface area contributed by atoms with Crippen LogP contribution in [-0.4, -0.2) is 17.0 Å². The molecule has 1 heterocycles. The van der Waals surface area contributed by atoms with E-state index < -0.39 is 34.6 Å². The quantitative estimate of drug-likeness (QED) is 0.798. The minimum atomic E-state index is -3.75. The Balaban J connectivity index is 2.74. The monoisotopic (exact) mass is 247 g/mol. The number of carbonyl (C=O) groups excluding carboxylic acids is 1. The molecule has 0 spiro atoms. The van der Waals surface area contributed by atoms with Gasteiger partial charge in [0.1, 0.15) is 0 Å². The van der Waals surface area contributed by atoms with Gasteiger partial charge in [0, 0.05) is 5.02 Å². The molecule has 0 fully saturated rings. The Morgan fingerprint density at radius 2 is 2.06 bits per heavy atom. The molecule has 0 saturated carbocycles. The molecule has 0 aromatic heterocycles. The summed E-state index contributed by atoms with van der Waals surface area (Å²) in [6.07, 6.45) is 0. The molecule has 1 aromatic rings. The van der Waals surface area contributed by atoms with Gasteiger partial charge in [-0.15, -0.1) is 0 Å². The third-order valence-corrected chi connectivity index (χ3v) is 2.41. The molecular weight excluding hydrogens is 244 g/mol. The lowest BCUT2D eigenvalue weighted by molar-refractivity contribution is -0.139. The first-order valence-corrected chi connectivity index (χ1v) is 4.48. The number of nitrogens with one attached hydrogen (secondary N) is 1. The van der Waals surface area contributed by atoms with Crippen LogP contribution in [0.15, 0.2) is 12.1 Å². The van der Waals surface area contributed by atoms with Crippen LogP contribution in [0.1, 0.15) is 15.9 Å². The molecule has 2 rings (SSSR count). The summed E-state index contributed by atoms with van der Waals surface area (Å²) >= 11 is 5.51. The number of carboxylic acids is 1. The minimum absolute atomic E-state index is 0.160. The highest BCUT2D eigenvalue weighted by Gasteiger charge is 2.49. The van der Waals surface area contributed by atoms with E-state index in [4.69, 9.17) is 16.7 Å². The van der Waals surface area contributed by atoms with E-state index in [1.54, 1.807) is 0 Å². The lowest BCUT2D eigenvalue weighted by Crippen LogP contribution is -2.23. The van der Waals surface area contributed by atoms with Crippen LogP contribution >= 0.6 is 11.6 Å².